The molecule has 0 saturated carbocycles. The average molecular weight is 509 g/mol. The van der Waals surface area contributed by atoms with E-state index in [0.29, 0.717) is 16.6 Å². The van der Waals surface area contributed by atoms with Gasteiger partial charge in [0.2, 0.25) is 5.69 Å². The summed E-state index contributed by atoms with van der Waals surface area (Å²) in [6.45, 7) is 9.74. The van der Waals surface area contributed by atoms with Crippen LogP contribution in [-0.2, 0) is 0 Å². The van der Waals surface area contributed by atoms with Crippen molar-refractivity contribution < 1.29 is 4.58 Å². The molecule has 0 aromatic heterocycles. The number of benzene rings is 2. The highest BCUT2D eigenvalue weighted by Crippen LogP contribution is 2.44. The third kappa shape index (κ3) is 4.31. The maximum atomic E-state index is 6.40. The molecule has 1 aliphatic rings. The summed E-state index contributed by atoms with van der Waals surface area (Å²) in [5.41, 5.74) is 3.38. The second-order valence-corrected chi connectivity index (χ2v) is 7.76. The number of halogens is 3. The molecule has 6 heteroatoms. The lowest BCUT2D eigenvalue weighted by molar-refractivity contribution is -0.433. The molecule has 0 saturated heterocycles. The van der Waals surface area contributed by atoms with Crippen molar-refractivity contribution in [2.45, 2.75) is 20.8 Å². The van der Waals surface area contributed by atoms with Crippen LogP contribution in [0.15, 0.2) is 54.7 Å². The van der Waals surface area contributed by atoms with E-state index in [9.17, 15) is 0 Å². The highest BCUT2D eigenvalue weighted by molar-refractivity contribution is 8.93. The van der Waals surface area contributed by atoms with Crippen LogP contribution in [0.1, 0.15) is 20.8 Å². The highest BCUT2D eigenvalue weighted by atomic mass is 79.9. The quantitative estimate of drug-likeness (QED) is 0.230. The molecule has 0 radical (unpaired) electrons. The van der Waals surface area contributed by atoms with E-state index in [-0.39, 0.29) is 17.0 Å². The van der Waals surface area contributed by atoms with E-state index >= 15 is 0 Å². The minimum atomic E-state index is 0. The number of para-hydroxylation sites is 1. The molecule has 0 amide bonds. The van der Waals surface area contributed by atoms with E-state index < -0.39 is 0 Å². The summed E-state index contributed by atoms with van der Waals surface area (Å²) in [6.07, 6.45) is 9.90. The Morgan fingerprint density at radius 2 is 1.70 bits per heavy atom. The second kappa shape index (κ2) is 10.5. The Bertz CT molecular complexity index is 990. The minimum absolute atomic E-state index is 0. The molecule has 30 heavy (non-hydrogen) atoms. The fourth-order valence-electron chi connectivity index (χ4n) is 4.12. The predicted molar refractivity (Wildman–Crippen MR) is 137 cm³/mol. The van der Waals surface area contributed by atoms with Gasteiger partial charge >= 0.3 is 5.84 Å². The van der Waals surface area contributed by atoms with Gasteiger partial charge in [-0.05, 0) is 32.9 Å². The number of likely N-dealkylation sites (N-methyl/N-ethyl adjacent to an activating group) is 1. The maximum Gasteiger partial charge on any atom is 0.376 e. The van der Waals surface area contributed by atoms with Gasteiger partial charge in [0.15, 0.2) is 6.54 Å². The number of hydrogen-bond acceptors (Lipinski definition) is 1. The summed E-state index contributed by atoms with van der Waals surface area (Å²) in [5, 5.41) is 1.17. The molecule has 158 valence electrons. The predicted octanol–water partition coefficient (Wildman–Crippen LogP) is 6.65. The monoisotopic (exact) mass is 507 g/mol. The van der Waals surface area contributed by atoms with Gasteiger partial charge in [-0.25, -0.2) is 0 Å². The molecule has 2 aromatic carbocycles. The molecule has 0 aliphatic carbocycles. The zero-order chi connectivity index (χ0) is 21.0. The number of amidine groups is 1. The van der Waals surface area contributed by atoms with Gasteiger partial charge < -0.3 is 4.90 Å². The van der Waals surface area contributed by atoms with E-state index in [2.05, 4.69) is 60.6 Å². The Hall–Kier alpha value is -1.77. The fourth-order valence-corrected chi connectivity index (χ4v) is 4.44. The van der Waals surface area contributed by atoms with Gasteiger partial charge in [0, 0.05) is 24.0 Å². The largest absolute Gasteiger partial charge is 0.376 e. The lowest BCUT2D eigenvalue weighted by atomic mass is 10.2. The third-order valence-corrected chi connectivity index (χ3v) is 6.36. The van der Waals surface area contributed by atoms with E-state index in [4.69, 9.17) is 29.6 Å². The van der Waals surface area contributed by atoms with Crippen LogP contribution >= 0.6 is 40.2 Å². The average Bonchev–Trinajstić information content (AvgIpc) is 3.00. The first kappa shape index (κ1) is 24.5. The first-order chi connectivity index (χ1) is 14.0. The normalized spacial score (nSPS) is 14.4. The van der Waals surface area contributed by atoms with Crippen molar-refractivity contribution in [3.63, 3.8) is 0 Å². The molecule has 0 fully saturated rings. The molecule has 0 N–H and O–H groups in total. The van der Waals surface area contributed by atoms with Crippen LogP contribution in [0, 0.1) is 12.3 Å². The molecule has 3 nitrogen and oxygen atoms in total. The summed E-state index contributed by atoms with van der Waals surface area (Å²) in [4.78, 5) is 2.09. The molecule has 0 atom stereocenters. The van der Waals surface area contributed by atoms with Crippen LogP contribution in [0.5, 0.6) is 0 Å². The highest BCUT2D eigenvalue weighted by Gasteiger charge is 2.50. The number of fused-ring (bicyclic) bond motifs is 1. The fraction of sp³-hybridized carbons (Fsp3) is 0.292. The molecule has 1 heterocycles. The Morgan fingerprint density at radius 1 is 1.07 bits per heavy atom. The Kier molecular flexibility index (Phi) is 8.58. The molecule has 2 aromatic rings. The molecule has 0 bridgehead atoms. The molecule has 0 unspecified atom stereocenters. The van der Waals surface area contributed by atoms with Gasteiger partial charge in [-0.1, -0.05) is 47.3 Å². The summed E-state index contributed by atoms with van der Waals surface area (Å²) >= 11 is 12.8. The van der Waals surface area contributed by atoms with Crippen molar-refractivity contribution in [1.29, 1.82) is 0 Å². The van der Waals surface area contributed by atoms with Gasteiger partial charge in [0.05, 0.1) is 35.8 Å². The SMILES string of the molecule is Br.C#CCN(C=CC1=[N+](CC)c2cc(Cl)c(Cl)cc2[N+]1(CC)CC)c1ccccc1. The van der Waals surface area contributed by atoms with Gasteiger partial charge in [0.25, 0.3) is 5.69 Å². The van der Waals surface area contributed by atoms with E-state index in [1.165, 1.54) is 11.5 Å². The van der Waals surface area contributed by atoms with Gasteiger partial charge in [-0.3, -0.25) is 0 Å². The summed E-state index contributed by atoms with van der Waals surface area (Å²) in [5.74, 6) is 3.96. The second-order valence-electron chi connectivity index (χ2n) is 6.94. The molecule has 1 aliphatic heterocycles. The Balaban J connectivity index is 0.00000320. The third-order valence-electron chi connectivity index (χ3n) is 5.63. The van der Waals surface area contributed by atoms with Crippen molar-refractivity contribution in [2.24, 2.45) is 0 Å². The smallest absolute Gasteiger partial charge is 0.336 e. The first-order valence-electron chi connectivity index (χ1n) is 9.97. The number of terminal acetylenes is 1. The van der Waals surface area contributed by atoms with Crippen LogP contribution < -0.4 is 9.38 Å². The van der Waals surface area contributed by atoms with Crippen LogP contribution in [0.2, 0.25) is 10.0 Å². The first-order valence-corrected chi connectivity index (χ1v) is 10.7. The Labute approximate surface area is 200 Å². The van der Waals surface area contributed by atoms with Crippen molar-refractivity contribution in [1.82, 2.24) is 4.48 Å². The number of quaternary nitrogens is 1. The van der Waals surface area contributed by atoms with E-state index in [1.807, 2.05) is 30.3 Å². The summed E-state index contributed by atoms with van der Waals surface area (Å²) in [7, 11) is 0. The van der Waals surface area contributed by atoms with Crippen LogP contribution in [-0.4, -0.2) is 36.6 Å². The minimum Gasteiger partial charge on any atom is -0.336 e. The van der Waals surface area contributed by atoms with Crippen molar-refractivity contribution in [3.8, 4) is 12.3 Å². The van der Waals surface area contributed by atoms with Gasteiger partial charge in [-0.2, -0.15) is 4.48 Å². The number of anilines is 1. The topological polar surface area (TPSA) is 6.25 Å². The maximum absolute atomic E-state index is 6.40. The van der Waals surface area contributed by atoms with Gasteiger partial charge in [0.1, 0.15) is 0 Å². The number of hydrogen-bond donors (Lipinski definition) is 0. The lowest BCUT2D eigenvalue weighted by Gasteiger charge is -2.28. The standard InChI is InChI=1S/C24H27Cl2N3.BrH/c1-5-15-27(19-12-10-9-11-13-19)16-14-24-28(6-2)22-17-20(25)21(26)18-23(22)29(24,7-3)8-4;/h1,9-14,16-18H,6-8,15H2,2-4H3;1H/q+2;. The zero-order valence-electron chi connectivity index (χ0n) is 17.6. The van der Waals surface area contributed by atoms with Crippen LogP contribution in [0.4, 0.5) is 17.1 Å². The van der Waals surface area contributed by atoms with Crippen LogP contribution in [0.25, 0.3) is 0 Å². The molecular formula is C24H28BrCl2N3+2. The molecule has 3 rings (SSSR count). The number of nitrogens with zero attached hydrogens (tertiary/aromatic N) is 3. The van der Waals surface area contributed by atoms with E-state index in [1.54, 1.807) is 0 Å². The Morgan fingerprint density at radius 3 is 2.27 bits per heavy atom. The van der Waals surface area contributed by atoms with E-state index in [0.717, 1.165) is 35.5 Å². The van der Waals surface area contributed by atoms with Gasteiger partial charge in [-0.15, -0.1) is 28.0 Å². The van der Waals surface area contributed by atoms with Crippen molar-refractivity contribution >= 4 is 63.1 Å². The number of rotatable bonds is 7. The summed E-state index contributed by atoms with van der Waals surface area (Å²) in [6, 6.07) is 14.2. The van der Waals surface area contributed by atoms with Crippen molar-refractivity contribution in [2.75, 3.05) is 31.1 Å². The van der Waals surface area contributed by atoms with Crippen LogP contribution in [0.3, 0.4) is 0 Å². The summed E-state index contributed by atoms with van der Waals surface area (Å²) < 4.78 is 3.04. The molecular weight excluding hydrogens is 481 g/mol. The molecule has 0 spiro atoms. The zero-order valence-corrected chi connectivity index (χ0v) is 20.8. The van der Waals surface area contributed by atoms with Crippen molar-refractivity contribution in [3.05, 3.63) is 64.8 Å². The lowest BCUT2D eigenvalue weighted by Crippen LogP contribution is -2.53.